The zero-order chi connectivity index (χ0) is 17.1. The van der Waals surface area contributed by atoms with Crippen LogP contribution >= 0.6 is 0 Å². The predicted molar refractivity (Wildman–Crippen MR) is 98.9 cm³/mol. The third-order valence-corrected chi connectivity index (χ3v) is 5.09. The van der Waals surface area contributed by atoms with Gasteiger partial charge in [0.25, 0.3) is 0 Å². The number of hydrogen-bond acceptors (Lipinski definition) is 3. The first-order chi connectivity index (χ1) is 12.3. The third kappa shape index (κ3) is 3.40. The number of ether oxygens (including phenoxy) is 1. The lowest BCUT2D eigenvalue weighted by molar-refractivity contribution is -0.120. The molecule has 2 heterocycles. The van der Waals surface area contributed by atoms with Crippen molar-refractivity contribution in [3.8, 4) is 5.75 Å². The standard InChI is InChI=1S/C21H24N2O2/c24-21(15-22-13-7-2-8-14-22)23-18-11-5-6-12-20(18)25-16-19(23)17-9-3-1-4-10-17/h1,3-6,9-12,19H,2,7-8,13-16H2/t19-/m0/s1. The topological polar surface area (TPSA) is 32.8 Å². The summed E-state index contributed by atoms with van der Waals surface area (Å²) in [6.45, 7) is 3.02. The molecule has 1 amide bonds. The number of benzene rings is 2. The molecule has 130 valence electrons. The van der Waals surface area contributed by atoms with E-state index in [2.05, 4.69) is 17.0 Å². The molecule has 1 atom stereocenters. The van der Waals surface area contributed by atoms with Crippen LogP contribution in [0.2, 0.25) is 0 Å². The summed E-state index contributed by atoms with van der Waals surface area (Å²) in [5.74, 6) is 0.952. The van der Waals surface area contributed by atoms with Gasteiger partial charge in [-0.05, 0) is 43.6 Å². The summed E-state index contributed by atoms with van der Waals surface area (Å²) in [5, 5.41) is 0. The van der Waals surface area contributed by atoms with Gasteiger partial charge in [-0.15, -0.1) is 0 Å². The summed E-state index contributed by atoms with van der Waals surface area (Å²) in [4.78, 5) is 17.5. The predicted octanol–water partition coefficient (Wildman–Crippen LogP) is 3.64. The van der Waals surface area contributed by atoms with E-state index in [1.165, 1.54) is 19.3 Å². The number of carbonyl (C=O) groups is 1. The van der Waals surface area contributed by atoms with Crippen molar-refractivity contribution in [2.45, 2.75) is 25.3 Å². The molecule has 4 rings (SSSR count). The Morgan fingerprint density at radius 2 is 1.68 bits per heavy atom. The molecule has 2 aromatic rings. The van der Waals surface area contributed by atoms with E-state index in [1.54, 1.807) is 0 Å². The number of rotatable bonds is 3. The second-order valence-electron chi connectivity index (χ2n) is 6.81. The molecule has 2 aromatic carbocycles. The monoisotopic (exact) mass is 336 g/mol. The third-order valence-electron chi connectivity index (χ3n) is 5.09. The Labute approximate surface area is 149 Å². The molecular formula is C21H24N2O2. The SMILES string of the molecule is O=C(CN1CCCCC1)N1c2ccccc2OC[C@H]1c1ccccc1. The molecule has 0 unspecified atom stereocenters. The van der Waals surface area contributed by atoms with Crippen LogP contribution in [0.5, 0.6) is 5.75 Å². The van der Waals surface area contributed by atoms with Crippen molar-refractivity contribution >= 4 is 11.6 Å². The fourth-order valence-electron chi connectivity index (χ4n) is 3.80. The second-order valence-corrected chi connectivity index (χ2v) is 6.81. The van der Waals surface area contributed by atoms with Crippen LogP contribution in [0.1, 0.15) is 30.9 Å². The average Bonchev–Trinajstić information content (AvgIpc) is 2.68. The van der Waals surface area contributed by atoms with E-state index in [9.17, 15) is 4.79 Å². The van der Waals surface area contributed by atoms with Crippen LogP contribution in [0.4, 0.5) is 5.69 Å². The van der Waals surface area contributed by atoms with E-state index in [4.69, 9.17) is 4.74 Å². The van der Waals surface area contributed by atoms with E-state index >= 15 is 0 Å². The minimum atomic E-state index is -0.0756. The van der Waals surface area contributed by atoms with Gasteiger partial charge in [-0.25, -0.2) is 0 Å². The summed E-state index contributed by atoms with van der Waals surface area (Å²) in [5.41, 5.74) is 1.99. The van der Waals surface area contributed by atoms with E-state index in [-0.39, 0.29) is 11.9 Å². The number of anilines is 1. The van der Waals surface area contributed by atoms with Gasteiger partial charge >= 0.3 is 0 Å². The maximum atomic E-state index is 13.2. The van der Waals surface area contributed by atoms with E-state index < -0.39 is 0 Å². The van der Waals surface area contributed by atoms with Crippen molar-refractivity contribution < 1.29 is 9.53 Å². The Hall–Kier alpha value is -2.33. The van der Waals surface area contributed by atoms with Gasteiger partial charge in [0, 0.05) is 0 Å². The average molecular weight is 336 g/mol. The van der Waals surface area contributed by atoms with Gasteiger partial charge in [0.05, 0.1) is 18.3 Å². The summed E-state index contributed by atoms with van der Waals surface area (Å²) in [7, 11) is 0. The van der Waals surface area contributed by atoms with Crippen LogP contribution in [0.25, 0.3) is 0 Å². The Kier molecular flexibility index (Phi) is 4.70. The van der Waals surface area contributed by atoms with Gasteiger partial charge < -0.3 is 4.74 Å². The fraction of sp³-hybridized carbons (Fsp3) is 0.381. The summed E-state index contributed by atoms with van der Waals surface area (Å²) in [6.07, 6.45) is 3.65. The molecule has 0 spiro atoms. The molecule has 0 aromatic heterocycles. The zero-order valence-corrected chi connectivity index (χ0v) is 14.4. The van der Waals surface area contributed by atoms with Crippen molar-refractivity contribution in [1.29, 1.82) is 0 Å². The zero-order valence-electron chi connectivity index (χ0n) is 14.4. The molecule has 2 aliphatic heterocycles. The number of carbonyl (C=O) groups excluding carboxylic acids is 1. The van der Waals surface area contributed by atoms with Crippen LogP contribution in [0.3, 0.4) is 0 Å². The van der Waals surface area contributed by atoms with Crippen molar-refractivity contribution in [2.24, 2.45) is 0 Å². The maximum absolute atomic E-state index is 13.2. The normalized spacial score (nSPS) is 20.6. The van der Waals surface area contributed by atoms with E-state index in [1.807, 2.05) is 47.4 Å². The number of amides is 1. The van der Waals surface area contributed by atoms with Crippen molar-refractivity contribution in [2.75, 3.05) is 31.1 Å². The second kappa shape index (κ2) is 7.28. The number of nitrogens with zero attached hydrogens (tertiary/aromatic N) is 2. The molecule has 0 radical (unpaired) electrons. The van der Waals surface area contributed by atoms with Crippen molar-refractivity contribution in [3.63, 3.8) is 0 Å². The highest BCUT2D eigenvalue weighted by Crippen LogP contribution is 2.39. The summed E-state index contributed by atoms with van der Waals surface area (Å²) in [6, 6.07) is 18.0. The summed E-state index contributed by atoms with van der Waals surface area (Å²) < 4.78 is 5.95. The number of fused-ring (bicyclic) bond motifs is 1. The molecule has 1 saturated heterocycles. The lowest BCUT2D eigenvalue weighted by atomic mass is 10.0. The molecule has 25 heavy (non-hydrogen) atoms. The van der Waals surface area contributed by atoms with Gasteiger partial charge in [-0.2, -0.15) is 0 Å². The highest BCUT2D eigenvalue weighted by atomic mass is 16.5. The maximum Gasteiger partial charge on any atom is 0.241 e. The lowest BCUT2D eigenvalue weighted by Gasteiger charge is -2.38. The highest BCUT2D eigenvalue weighted by molar-refractivity contribution is 5.97. The van der Waals surface area contributed by atoms with Gasteiger partial charge in [0.15, 0.2) is 0 Å². The number of hydrogen-bond donors (Lipinski definition) is 0. The smallest absolute Gasteiger partial charge is 0.241 e. The first-order valence-corrected chi connectivity index (χ1v) is 9.14. The molecule has 4 nitrogen and oxygen atoms in total. The van der Waals surface area contributed by atoms with Crippen LogP contribution in [0, 0.1) is 0 Å². The summed E-state index contributed by atoms with van der Waals surface area (Å²) >= 11 is 0. The van der Waals surface area contributed by atoms with E-state index in [0.29, 0.717) is 13.2 Å². The molecule has 0 N–H and O–H groups in total. The molecule has 0 bridgehead atoms. The van der Waals surface area contributed by atoms with Crippen LogP contribution < -0.4 is 9.64 Å². The highest BCUT2D eigenvalue weighted by Gasteiger charge is 2.33. The Morgan fingerprint density at radius 1 is 0.960 bits per heavy atom. The Morgan fingerprint density at radius 3 is 2.48 bits per heavy atom. The Balaban J connectivity index is 1.64. The largest absolute Gasteiger partial charge is 0.489 e. The number of likely N-dealkylation sites (tertiary alicyclic amines) is 1. The van der Waals surface area contributed by atoms with Crippen LogP contribution in [0.15, 0.2) is 54.6 Å². The van der Waals surface area contributed by atoms with Crippen LogP contribution in [-0.4, -0.2) is 37.0 Å². The minimum Gasteiger partial charge on any atom is -0.489 e. The molecule has 1 fully saturated rings. The van der Waals surface area contributed by atoms with Crippen molar-refractivity contribution in [1.82, 2.24) is 4.90 Å². The van der Waals surface area contributed by atoms with Gasteiger partial charge in [-0.1, -0.05) is 48.9 Å². The van der Waals surface area contributed by atoms with Crippen molar-refractivity contribution in [3.05, 3.63) is 60.2 Å². The van der Waals surface area contributed by atoms with Crippen LogP contribution in [-0.2, 0) is 4.79 Å². The van der Waals surface area contributed by atoms with Gasteiger partial charge in [-0.3, -0.25) is 14.6 Å². The number of para-hydroxylation sites is 2. The molecule has 4 heteroatoms. The van der Waals surface area contributed by atoms with Gasteiger partial charge in [0.1, 0.15) is 12.4 Å². The van der Waals surface area contributed by atoms with E-state index in [0.717, 1.165) is 30.1 Å². The molecule has 2 aliphatic rings. The fourth-order valence-corrected chi connectivity index (χ4v) is 3.80. The first kappa shape index (κ1) is 16.2. The molecule has 0 saturated carbocycles. The quantitative estimate of drug-likeness (QED) is 0.858. The Bertz CT molecular complexity index is 726. The first-order valence-electron chi connectivity index (χ1n) is 9.14. The number of piperidine rings is 1. The minimum absolute atomic E-state index is 0.0756. The molecular weight excluding hydrogens is 312 g/mol. The lowest BCUT2D eigenvalue weighted by Crippen LogP contribution is -2.47. The molecule has 0 aliphatic carbocycles. The van der Waals surface area contributed by atoms with Gasteiger partial charge in [0.2, 0.25) is 5.91 Å².